The molecule has 0 bridgehead atoms. The molecule has 0 atom stereocenters. The zero-order valence-corrected chi connectivity index (χ0v) is 9.52. The molecule has 1 heteroatoms. The molecule has 0 spiro atoms. The predicted molar refractivity (Wildman–Crippen MR) is 58.8 cm³/mol. The maximum Gasteiger partial charge on any atom is 0.127 e. The van der Waals surface area contributed by atoms with Gasteiger partial charge in [0.15, 0.2) is 0 Å². The molecule has 78 valence electrons. The molecule has 1 aliphatic rings. The minimum atomic E-state index is -0.0990. The summed E-state index contributed by atoms with van der Waals surface area (Å²) < 4.78 is 0. The van der Waals surface area contributed by atoms with Crippen molar-refractivity contribution in [3.8, 4) is 11.8 Å². The third-order valence-corrected chi connectivity index (χ3v) is 2.75. The average Bonchev–Trinajstić information content (AvgIpc) is 2.52. The van der Waals surface area contributed by atoms with Gasteiger partial charge in [-0.15, -0.1) is 5.92 Å². The average molecular weight is 192 g/mol. The fourth-order valence-electron chi connectivity index (χ4n) is 1.90. The van der Waals surface area contributed by atoms with Gasteiger partial charge in [-0.05, 0) is 33.6 Å². The largest absolute Gasteiger partial charge is 0.303 e. The normalized spacial score (nSPS) is 19.9. The fraction of sp³-hybridized carbons (Fsp3) is 0.769. The van der Waals surface area contributed by atoms with E-state index in [9.17, 15) is 4.79 Å². The van der Waals surface area contributed by atoms with Crippen LogP contribution < -0.4 is 0 Å². The van der Waals surface area contributed by atoms with Crippen LogP contribution >= 0.6 is 0 Å². The summed E-state index contributed by atoms with van der Waals surface area (Å²) in [6, 6.07) is 0. The molecule has 0 aliphatic heterocycles. The summed E-state index contributed by atoms with van der Waals surface area (Å²) in [5.41, 5.74) is -0.0407. The number of rotatable bonds is 2. The summed E-state index contributed by atoms with van der Waals surface area (Å²) in [7, 11) is 0. The van der Waals surface area contributed by atoms with E-state index in [4.69, 9.17) is 0 Å². The van der Waals surface area contributed by atoms with E-state index in [-0.39, 0.29) is 10.8 Å². The Morgan fingerprint density at radius 2 is 1.86 bits per heavy atom. The summed E-state index contributed by atoms with van der Waals surface area (Å²) in [5, 5.41) is 0. The Labute approximate surface area is 87.3 Å². The second-order valence-corrected chi connectivity index (χ2v) is 5.42. The molecule has 0 aromatic heterocycles. The topological polar surface area (TPSA) is 17.1 Å². The van der Waals surface area contributed by atoms with Gasteiger partial charge in [0.25, 0.3) is 0 Å². The lowest BCUT2D eigenvalue weighted by Gasteiger charge is -2.18. The lowest BCUT2D eigenvalue weighted by atomic mass is 9.84. The molecule has 0 amide bonds. The van der Waals surface area contributed by atoms with Crippen molar-refractivity contribution < 1.29 is 4.79 Å². The molecule has 0 radical (unpaired) electrons. The smallest absolute Gasteiger partial charge is 0.127 e. The lowest BCUT2D eigenvalue weighted by Crippen LogP contribution is -2.17. The molecule has 1 saturated carbocycles. The van der Waals surface area contributed by atoms with Crippen LogP contribution in [0.4, 0.5) is 0 Å². The van der Waals surface area contributed by atoms with Crippen molar-refractivity contribution in [1.29, 1.82) is 0 Å². The number of hydrogen-bond acceptors (Lipinski definition) is 1. The van der Waals surface area contributed by atoms with Gasteiger partial charge < -0.3 is 4.79 Å². The molecule has 1 rings (SSSR count). The van der Waals surface area contributed by atoms with Gasteiger partial charge in [0.05, 0.1) is 0 Å². The van der Waals surface area contributed by atoms with Crippen LogP contribution in [0.1, 0.15) is 52.9 Å². The minimum Gasteiger partial charge on any atom is -0.303 e. The van der Waals surface area contributed by atoms with Gasteiger partial charge in [0.1, 0.15) is 6.29 Å². The van der Waals surface area contributed by atoms with Crippen LogP contribution in [0, 0.1) is 22.7 Å². The summed E-state index contributed by atoms with van der Waals surface area (Å²) in [6.07, 6.45) is 6.35. The summed E-state index contributed by atoms with van der Waals surface area (Å²) >= 11 is 0. The summed E-state index contributed by atoms with van der Waals surface area (Å²) in [4.78, 5) is 11.0. The molecule has 0 heterocycles. The molecule has 1 fully saturated rings. The van der Waals surface area contributed by atoms with Crippen LogP contribution in [0.25, 0.3) is 0 Å². The molecular weight excluding hydrogens is 172 g/mol. The van der Waals surface area contributed by atoms with Crippen LogP contribution in [0.2, 0.25) is 0 Å². The standard InChI is InChI=1S/C13H20O/c1-12(2,3)7-6-10-13(11-14)8-4-5-9-13/h11H,4-5,8-10H2,1-3H3. The van der Waals surface area contributed by atoms with Crippen LogP contribution in [0.5, 0.6) is 0 Å². The van der Waals surface area contributed by atoms with E-state index in [0.717, 1.165) is 25.5 Å². The van der Waals surface area contributed by atoms with Crippen molar-refractivity contribution in [2.45, 2.75) is 52.9 Å². The lowest BCUT2D eigenvalue weighted by molar-refractivity contribution is -0.115. The highest BCUT2D eigenvalue weighted by Crippen LogP contribution is 2.38. The first-order valence-electron chi connectivity index (χ1n) is 5.44. The Balaban J connectivity index is 2.57. The molecule has 0 N–H and O–H groups in total. The van der Waals surface area contributed by atoms with E-state index in [2.05, 4.69) is 32.6 Å². The number of carbonyl (C=O) groups excluding carboxylic acids is 1. The monoisotopic (exact) mass is 192 g/mol. The van der Waals surface area contributed by atoms with E-state index in [1.54, 1.807) is 0 Å². The molecule has 1 nitrogen and oxygen atoms in total. The molecule has 0 unspecified atom stereocenters. The van der Waals surface area contributed by atoms with Gasteiger partial charge in [-0.1, -0.05) is 18.8 Å². The summed E-state index contributed by atoms with van der Waals surface area (Å²) in [5.74, 6) is 6.38. The molecule has 0 saturated heterocycles. The zero-order valence-electron chi connectivity index (χ0n) is 9.52. The highest BCUT2D eigenvalue weighted by atomic mass is 16.1. The third kappa shape index (κ3) is 3.18. The highest BCUT2D eigenvalue weighted by Gasteiger charge is 2.32. The van der Waals surface area contributed by atoms with Gasteiger partial charge >= 0.3 is 0 Å². The Morgan fingerprint density at radius 1 is 1.29 bits per heavy atom. The first kappa shape index (κ1) is 11.3. The van der Waals surface area contributed by atoms with Crippen molar-refractivity contribution >= 4 is 6.29 Å². The van der Waals surface area contributed by atoms with E-state index >= 15 is 0 Å². The molecule has 0 aromatic carbocycles. The van der Waals surface area contributed by atoms with Crippen molar-refractivity contribution in [2.75, 3.05) is 0 Å². The molecule has 1 aliphatic carbocycles. The Bertz CT molecular complexity index is 253. The van der Waals surface area contributed by atoms with Crippen molar-refractivity contribution in [3.05, 3.63) is 0 Å². The van der Waals surface area contributed by atoms with E-state index in [1.165, 1.54) is 12.8 Å². The van der Waals surface area contributed by atoms with Gasteiger partial charge in [0.2, 0.25) is 0 Å². The quantitative estimate of drug-likeness (QED) is 0.485. The number of aldehydes is 1. The van der Waals surface area contributed by atoms with E-state index in [1.807, 2.05) is 0 Å². The fourth-order valence-corrected chi connectivity index (χ4v) is 1.90. The van der Waals surface area contributed by atoms with Crippen LogP contribution in [0.3, 0.4) is 0 Å². The van der Waals surface area contributed by atoms with Crippen LogP contribution in [0.15, 0.2) is 0 Å². The minimum absolute atomic E-state index is 0.0582. The number of hydrogen-bond donors (Lipinski definition) is 0. The van der Waals surface area contributed by atoms with Crippen LogP contribution in [-0.4, -0.2) is 6.29 Å². The Kier molecular flexibility index (Phi) is 3.37. The SMILES string of the molecule is CC(C)(C)C#CCC1(C=O)CCCC1. The molecule has 0 aromatic rings. The second kappa shape index (κ2) is 4.17. The number of carbonyl (C=O) groups is 1. The van der Waals surface area contributed by atoms with Gasteiger partial charge in [0, 0.05) is 17.3 Å². The predicted octanol–water partition coefficient (Wildman–Crippen LogP) is 3.19. The zero-order chi connectivity index (χ0) is 10.7. The molecule has 14 heavy (non-hydrogen) atoms. The van der Waals surface area contributed by atoms with Gasteiger partial charge in [-0.2, -0.15) is 0 Å². The molecular formula is C13H20O. The van der Waals surface area contributed by atoms with Crippen molar-refractivity contribution in [2.24, 2.45) is 10.8 Å². The first-order valence-corrected chi connectivity index (χ1v) is 5.44. The Hall–Kier alpha value is -0.770. The van der Waals surface area contributed by atoms with E-state index < -0.39 is 0 Å². The summed E-state index contributed by atoms with van der Waals surface area (Å²) in [6.45, 7) is 6.30. The maximum absolute atomic E-state index is 11.0. The van der Waals surface area contributed by atoms with Gasteiger partial charge in [-0.3, -0.25) is 0 Å². The highest BCUT2D eigenvalue weighted by molar-refractivity contribution is 5.60. The third-order valence-electron chi connectivity index (χ3n) is 2.75. The van der Waals surface area contributed by atoms with Gasteiger partial charge in [-0.25, -0.2) is 0 Å². The van der Waals surface area contributed by atoms with Crippen molar-refractivity contribution in [3.63, 3.8) is 0 Å². The van der Waals surface area contributed by atoms with Crippen molar-refractivity contribution in [1.82, 2.24) is 0 Å². The van der Waals surface area contributed by atoms with E-state index in [0.29, 0.717) is 0 Å². The second-order valence-electron chi connectivity index (χ2n) is 5.42. The first-order chi connectivity index (χ1) is 6.47. The maximum atomic E-state index is 11.0. The van der Waals surface area contributed by atoms with Crippen LogP contribution in [-0.2, 0) is 4.79 Å². The Morgan fingerprint density at radius 3 is 2.29 bits per heavy atom.